The minimum atomic E-state index is -0.645. The highest BCUT2D eigenvalue weighted by Crippen LogP contribution is 2.20. The van der Waals surface area contributed by atoms with Crippen LogP contribution < -0.4 is 10.1 Å². The Kier molecular flexibility index (Phi) is 5.16. The van der Waals surface area contributed by atoms with Gasteiger partial charge in [-0.2, -0.15) is 0 Å². The average Bonchev–Trinajstić information content (AvgIpc) is 2.36. The van der Waals surface area contributed by atoms with E-state index >= 15 is 0 Å². The molecule has 1 aromatic rings. The van der Waals surface area contributed by atoms with Crippen molar-refractivity contribution in [3.8, 4) is 5.75 Å². The van der Waals surface area contributed by atoms with Crippen LogP contribution >= 0.6 is 0 Å². The molecule has 100 valence electrons. The van der Waals surface area contributed by atoms with E-state index in [-0.39, 0.29) is 5.97 Å². The van der Waals surface area contributed by atoms with E-state index in [9.17, 15) is 4.79 Å². The van der Waals surface area contributed by atoms with Gasteiger partial charge in [0.15, 0.2) is 0 Å². The molecule has 4 nitrogen and oxygen atoms in total. The molecular weight excluding hydrogens is 230 g/mol. The average molecular weight is 251 g/mol. The molecule has 1 aromatic carbocycles. The first-order valence-electron chi connectivity index (χ1n) is 5.94. The Morgan fingerprint density at radius 1 is 1.39 bits per heavy atom. The number of nitrogens with one attached hydrogen (secondary N) is 1. The third-order valence-corrected chi connectivity index (χ3v) is 2.62. The van der Waals surface area contributed by atoms with E-state index in [1.807, 2.05) is 31.3 Å². The fraction of sp³-hybridized carbons (Fsp3) is 0.500. The third kappa shape index (κ3) is 4.04. The van der Waals surface area contributed by atoms with Crippen LogP contribution in [-0.2, 0) is 16.1 Å². The Morgan fingerprint density at radius 3 is 2.72 bits per heavy atom. The van der Waals surface area contributed by atoms with Gasteiger partial charge in [-0.25, -0.2) is 0 Å². The number of hydrogen-bond acceptors (Lipinski definition) is 4. The Bertz CT molecular complexity index is 402. The summed E-state index contributed by atoms with van der Waals surface area (Å²) in [7, 11) is 3.28. The molecule has 0 atom stereocenters. The Labute approximate surface area is 108 Å². The summed E-state index contributed by atoms with van der Waals surface area (Å²) in [6.45, 7) is 4.69. The summed E-state index contributed by atoms with van der Waals surface area (Å²) < 4.78 is 10.4. The molecule has 0 fully saturated rings. The molecule has 0 amide bonds. The molecule has 18 heavy (non-hydrogen) atoms. The van der Waals surface area contributed by atoms with Crippen LogP contribution in [0.5, 0.6) is 5.75 Å². The molecule has 0 aliphatic carbocycles. The monoisotopic (exact) mass is 251 g/mol. The van der Waals surface area contributed by atoms with Gasteiger partial charge in [0, 0.05) is 6.54 Å². The fourth-order valence-corrected chi connectivity index (χ4v) is 1.55. The maximum Gasteiger partial charge on any atom is 0.314 e. The van der Waals surface area contributed by atoms with E-state index < -0.39 is 5.41 Å². The fourth-order valence-electron chi connectivity index (χ4n) is 1.55. The molecule has 1 N–H and O–H groups in total. The molecule has 0 aromatic heterocycles. The maximum atomic E-state index is 11.5. The quantitative estimate of drug-likeness (QED) is 0.785. The molecule has 4 heteroatoms. The molecule has 1 rings (SSSR count). The van der Waals surface area contributed by atoms with Gasteiger partial charge >= 0.3 is 5.97 Å². The lowest BCUT2D eigenvalue weighted by molar-refractivity contribution is -0.152. The molecule has 0 bridgehead atoms. The summed E-state index contributed by atoms with van der Waals surface area (Å²) in [4.78, 5) is 11.5. The van der Waals surface area contributed by atoms with Gasteiger partial charge in [-0.05, 0) is 38.6 Å². The zero-order valence-electron chi connectivity index (χ0n) is 11.4. The number of carbonyl (C=O) groups is 1. The van der Waals surface area contributed by atoms with Crippen LogP contribution in [0.25, 0.3) is 0 Å². The lowest BCUT2D eigenvalue weighted by Gasteiger charge is -2.21. The SMILES string of the molecule is CNCc1cccc(OCC(C)(C)C(=O)OC)c1. The summed E-state index contributed by atoms with van der Waals surface area (Å²) in [5.74, 6) is 0.494. The predicted molar refractivity (Wildman–Crippen MR) is 70.5 cm³/mol. The molecule has 0 radical (unpaired) electrons. The van der Waals surface area contributed by atoms with Crippen molar-refractivity contribution >= 4 is 5.97 Å². The predicted octanol–water partition coefficient (Wildman–Crippen LogP) is 1.98. The van der Waals surface area contributed by atoms with E-state index in [4.69, 9.17) is 9.47 Å². The van der Waals surface area contributed by atoms with Gasteiger partial charge in [0.05, 0.1) is 12.5 Å². The second-order valence-electron chi connectivity index (χ2n) is 4.84. The molecule has 0 aliphatic heterocycles. The van der Waals surface area contributed by atoms with Crippen molar-refractivity contribution in [3.63, 3.8) is 0 Å². The number of hydrogen-bond donors (Lipinski definition) is 1. The van der Waals surface area contributed by atoms with Crippen molar-refractivity contribution < 1.29 is 14.3 Å². The Hall–Kier alpha value is -1.55. The van der Waals surface area contributed by atoms with Gasteiger partial charge in [-0.15, -0.1) is 0 Å². The molecule has 0 saturated carbocycles. The van der Waals surface area contributed by atoms with Crippen molar-refractivity contribution in [2.45, 2.75) is 20.4 Å². The number of carbonyl (C=O) groups excluding carboxylic acids is 1. The smallest absolute Gasteiger partial charge is 0.314 e. The van der Waals surface area contributed by atoms with E-state index in [0.29, 0.717) is 6.61 Å². The van der Waals surface area contributed by atoms with Crippen molar-refractivity contribution in [2.75, 3.05) is 20.8 Å². The van der Waals surface area contributed by atoms with E-state index in [0.717, 1.165) is 17.9 Å². The van der Waals surface area contributed by atoms with Crippen LogP contribution in [0.3, 0.4) is 0 Å². The standard InChI is InChI=1S/C14H21NO3/c1-14(2,13(16)17-4)10-18-12-7-5-6-11(8-12)9-15-3/h5-8,15H,9-10H2,1-4H3. The number of rotatable bonds is 6. The highest BCUT2D eigenvalue weighted by atomic mass is 16.5. The van der Waals surface area contributed by atoms with Crippen LogP contribution in [0.2, 0.25) is 0 Å². The number of methoxy groups -OCH3 is 1. The van der Waals surface area contributed by atoms with Crippen LogP contribution in [-0.4, -0.2) is 26.7 Å². The van der Waals surface area contributed by atoms with E-state index in [1.54, 1.807) is 13.8 Å². The summed E-state index contributed by atoms with van der Waals surface area (Å²) in [6.07, 6.45) is 0. The second-order valence-corrected chi connectivity index (χ2v) is 4.84. The first-order valence-corrected chi connectivity index (χ1v) is 5.94. The Balaban J connectivity index is 2.63. The van der Waals surface area contributed by atoms with Crippen LogP contribution in [0, 0.1) is 5.41 Å². The van der Waals surface area contributed by atoms with Crippen molar-refractivity contribution in [1.29, 1.82) is 0 Å². The van der Waals surface area contributed by atoms with E-state index in [2.05, 4.69) is 5.32 Å². The molecule has 0 unspecified atom stereocenters. The van der Waals surface area contributed by atoms with Crippen LogP contribution in [0.4, 0.5) is 0 Å². The van der Waals surface area contributed by atoms with Gasteiger partial charge in [0.25, 0.3) is 0 Å². The van der Waals surface area contributed by atoms with Gasteiger partial charge in [0.1, 0.15) is 12.4 Å². The Morgan fingerprint density at radius 2 is 2.11 bits per heavy atom. The van der Waals surface area contributed by atoms with Crippen LogP contribution in [0.15, 0.2) is 24.3 Å². The summed E-state index contributed by atoms with van der Waals surface area (Å²) >= 11 is 0. The molecule has 0 saturated heterocycles. The second kappa shape index (κ2) is 6.40. The number of esters is 1. The number of benzene rings is 1. The molecular formula is C14H21NO3. The van der Waals surface area contributed by atoms with E-state index in [1.165, 1.54) is 7.11 Å². The minimum absolute atomic E-state index is 0.270. The topological polar surface area (TPSA) is 47.6 Å². The largest absolute Gasteiger partial charge is 0.492 e. The first kappa shape index (κ1) is 14.5. The summed E-state index contributed by atoms with van der Waals surface area (Å²) in [6, 6.07) is 7.80. The van der Waals surface area contributed by atoms with Crippen LogP contribution in [0.1, 0.15) is 19.4 Å². The normalized spacial score (nSPS) is 11.1. The molecule has 0 heterocycles. The first-order chi connectivity index (χ1) is 8.49. The maximum absolute atomic E-state index is 11.5. The zero-order chi connectivity index (χ0) is 13.6. The lowest BCUT2D eigenvalue weighted by Crippen LogP contribution is -2.32. The van der Waals surface area contributed by atoms with Crippen molar-refractivity contribution in [2.24, 2.45) is 5.41 Å². The summed E-state index contributed by atoms with van der Waals surface area (Å²) in [5.41, 5.74) is 0.499. The minimum Gasteiger partial charge on any atom is -0.492 e. The lowest BCUT2D eigenvalue weighted by atomic mass is 9.95. The molecule has 0 spiro atoms. The van der Waals surface area contributed by atoms with Gasteiger partial charge < -0.3 is 14.8 Å². The highest BCUT2D eigenvalue weighted by Gasteiger charge is 2.29. The highest BCUT2D eigenvalue weighted by molar-refractivity contribution is 5.75. The number of ether oxygens (including phenoxy) is 2. The zero-order valence-corrected chi connectivity index (χ0v) is 11.4. The van der Waals surface area contributed by atoms with Gasteiger partial charge in [-0.3, -0.25) is 4.79 Å². The molecule has 0 aliphatic rings. The summed E-state index contributed by atoms with van der Waals surface area (Å²) in [5, 5.41) is 3.08. The third-order valence-electron chi connectivity index (χ3n) is 2.62. The van der Waals surface area contributed by atoms with Crippen molar-refractivity contribution in [1.82, 2.24) is 5.32 Å². The van der Waals surface area contributed by atoms with Gasteiger partial charge in [-0.1, -0.05) is 12.1 Å². The van der Waals surface area contributed by atoms with Gasteiger partial charge in [0.2, 0.25) is 0 Å². The van der Waals surface area contributed by atoms with Crippen molar-refractivity contribution in [3.05, 3.63) is 29.8 Å².